The first-order chi connectivity index (χ1) is 6.86. The molecule has 4 heteroatoms. The SMILES string of the molecule is COCc1ccc(CNCCSC)o1. The number of hydrogen-bond acceptors (Lipinski definition) is 4. The van der Waals surface area contributed by atoms with Gasteiger partial charge in [-0.3, -0.25) is 0 Å². The van der Waals surface area contributed by atoms with E-state index in [1.807, 2.05) is 23.9 Å². The molecule has 1 heterocycles. The van der Waals surface area contributed by atoms with Gasteiger partial charge in [-0.15, -0.1) is 0 Å². The number of rotatable bonds is 7. The maximum absolute atomic E-state index is 5.51. The highest BCUT2D eigenvalue weighted by molar-refractivity contribution is 7.98. The third-order valence-corrected chi connectivity index (χ3v) is 2.40. The van der Waals surface area contributed by atoms with E-state index in [1.165, 1.54) is 0 Å². The predicted molar refractivity (Wildman–Crippen MR) is 59.5 cm³/mol. The summed E-state index contributed by atoms with van der Waals surface area (Å²) in [4.78, 5) is 0. The molecule has 1 N–H and O–H groups in total. The molecule has 1 aromatic heterocycles. The zero-order chi connectivity index (χ0) is 10.2. The number of nitrogens with one attached hydrogen (secondary N) is 1. The van der Waals surface area contributed by atoms with Gasteiger partial charge in [0.05, 0.1) is 6.54 Å². The van der Waals surface area contributed by atoms with E-state index in [2.05, 4.69) is 11.6 Å². The number of thioether (sulfide) groups is 1. The highest BCUT2D eigenvalue weighted by Crippen LogP contribution is 2.08. The Kier molecular flexibility index (Phi) is 5.75. The fraction of sp³-hybridized carbons (Fsp3) is 0.600. The normalized spacial score (nSPS) is 10.7. The summed E-state index contributed by atoms with van der Waals surface area (Å²) < 4.78 is 10.5. The van der Waals surface area contributed by atoms with Crippen molar-refractivity contribution < 1.29 is 9.15 Å². The van der Waals surface area contributed by atoms with E-state index in [9.17, 15) is 0 Å². The second-order valence-electron chi connectivity index (χ2n) is 2.97. The first kappa shape index (κ1) is 11.6. The van der Waals surface area contributed by atoms with Crippen molar-refractivity contribution in [3.63, 3.8) is 0 Å². The molecule has 0 atom stereocenters. The van der Waals surface area contributed by atoms with Gasteiger partial charge in [-0.05, 0) is 18.4 Å². The molecule has 0 aliphatic carbocycles. The van der Waals surface area contributed by atoms with Crippen molar-refractivity contribution in [3.8, 4) is 0 Å². The summed E-state index contributed by atoms with van der Waals surface area (Å²) in [6.45, 7) is 2.36. The average Bonchev–Trinajstić information content (AvgIpc) is 2.61. The molecule has 0 aromatic carbocycles. The van der Waals surface area contributed by atoms with Gasteiger partial charge in [0.1, 0.15) is 18.1 Å². The monoisotopic (exact) mass is 215 g/mol. The molecule has 0 aliphatic heterocycles. The van der Waals surface area contributed by atoms with Crippen molar-refractivity contribution in [2.24, 2.45) is 0 Å². The van der Waals surface area contributed by atoms with Crippen LogP contribution in [0, 0.1) is 0 Å². The van der Waals surface area contributed by atoms with Crippen LogP contribution in [0.15, 0.2) is 16.5 Å². The quantitative estimate of drug-likeness (QED) is 0.704. The minimum Gasteiger partial charge on any atom is -0.462 e. The van der Waals surface area contributed by atoms with Crippen LogP contribution in [0.4, 0.5) is 0 Å². The number of ether oxygens (including phenoxy) is 1. The predicted octanol–water partition coefficient (Wildman–Crippen LogP) is 1.88. The van der Waals surface area contributed by atoms with Gasteiger partial charge in [-0.25, -0.2) is 0 Å². The number of methoxy groups -OCH3 is 1. The molecule has 0 fully saturated rings. The molecule has 0 radical (unpaired) electrons. The third kappa shape index (κ3) is 4.17. The van der Waals surface area contributed by atoms with E-state index in [0.29, 0.717) is 6.61 Å². The van der Waals surface area contributed by atoms with Crippen LogP contribution in [0.5, 0.6) is 0 Å². The lowest BCUT2D eigenvalue weighted by Gasteiger charge is -2.00. The summed E-state index contributed by atoms with van der Waals surface area (Å²) in [7, 11) is 1.67. The molecule has 0 unspecified atom stereocenters. The number of furan rings is 1. The fourth-order valence-corrected chi connectivity index (χ4v) is 1.47. The van der Waals surface area contributed by atoms with Crippen LogP contribution in [0.25, 0.3) is 0 Å². The summed E-state index contributed by atoms with van der Waals surface area (Å²) in [5.74, 6) is 2.98. The molecule has 0 saturated heterocycles. The van der Waals surface area contributed by atoms with Gasteiger partial charge in [-0.2, -0.15) is 11.8 Å². The van der Waals surface area contributed by atoms with Crippen molar-refractivity contribution in [3.05, 3.63) is 23.7 Å². The van der Waals surface area contributed by atoms with Gasteiger partial charge < -0.3 is 14.5 Å². The third-order valence-electron chi connectivity index (χ3n) is 1.79. The summed E-state index contributed by atoms with van der Waals surface area (Å²) in [6, 6.07) is 3.94. The molecule has 80 valence electrons. The largest absolute Gasteiger partial charge is 0.462 e. The Morgan fingerprint density at radius 3 is 2.93 bits per heavy atom. The lowest BCUT2D eigenvalue weighted by atomic mass is 10.4. The van der Waals surface area contributed by atoms with Crippen molar-refractivity contribution >= 4 is 11.8 Å². The molecule has 0 saturated carbocycles. The maximum Gasteiger partial charge on any atom is 0.129 e. The molecule has 0 amide bonds. The average molecular weight is 215 g/mol. The minimum atomic E-state index is 0.546. The summed E-state index contributed by atoms with van der Waals surface area (Å²) in [5, 5.41) is 3.30. The highest BCUT2D eigenvalue weighted by atomic mass is 32.2. The molecular weight excluding hydrogens is 198 g/mol. The first-order valence-corrected chi connectivity index (χ1v) is 6.02. The van der Waals surface area contributed by atoms with Crippen LogP contribution >= 0.6 is 11.8 Å². The van der Waals surface area contributed by atoms with Crippen LogP contribution in [-0.4, -0.2) is 25.7 Å². The van der Waals surface area contributed by atoms with E-state index in [1.54, 1.807) is 7.11 Å². The zero-order valence-corrected chi connectivity index (χ0v) is 9.52. The summed E-state index contributed by atoms with van der Waals surface area (Å²) in [6.07, 6.45) is 2.10. The molecular formula is C10H17NO2S. The standard InChI is InChI=1S/C10H17NO2S/c1-12-8-10-4-3-9(13-10)7-11-5-6-14-2/h3-4,11H,5-8H2,1-2H3. The summed E-state index contributed by atoms with van der Waals surface area (Å²) in [5.41, 5.74) is 0. The van der Waals surface area contributed by atoms with Crippen LogP contribution in [-0.2, 0) is 17.9 Å². The fourth-order valence-electron chi connectivity index (χ4n) is 1.12. The van der Waals surface area contributed by atoms with E-state index in [4.69, 9.17) is 9.15 Å². The Bertz CT molecular complexity index is 250. The maximum atomic E-state index is 5.51. The van der Waals surface area contributed by atoms with Gasteiger partial charge in [-0.1, -0.05) is 0 Å². The van der Waals surface area contributed by atoms with Crippen LogP contribution in [0.3, 0.4) is 0 Å². The van der Waals surface area contributed by atoms with Crippen molar-refractivity contribution in [1.82, 2.24) is 5.32 Å². The van der Waals surface area contributed by atoms with Crippen LogP contribution in [0.1, 0.15) is 11.5 Å². The van der Waals surface area contributed by atoms with Gasteiger partial charge in [0.2, 0.25) is 0 Å². The minimum absolute atomic E-state index is 0.546. The second kappa shape index (κ2) is 6.92. The van der Waals surface area contributed by atoms with Crippen molar-refractivity contribution in [1.29, 1.82) is 0 Å². The molecule has 0 bridgehead atoms. The Morgan fingerprint density at radius 1 is 1.43 bits per heavy atom. The van der Waals surface area contributed by atoms with E-state index >= 15 is 0 Å². The highest BCUT2D eigenvalue weighted by Gasteiger charge is 2.00. The van der Waals surface area contributed by atoms with Crippen molar-refractivity contribution in [2.45, 2.75) is 13.2 Å². The Balaban J connectivity index is 2.22. The van der Waals surface area contributed by atoms with Gasteiger partial charge in [0, 0.05) is 19.4 Å². The molecule has 0 aliphatic rings. The Hall–Kier alpha value is -0.450. The Labute approximate surface area is 89.2 Å². The topological polar surface area (TPSA) is 34.4 Å². The van der Waals surface area contributed by atoms with E-state index in [-0.39, 0.29) is 0 Å². The Morgan fingerprint density at radius 2 is 2.21 bits per heavy atom. The first-order valence-electron chi connectivity index (χ1n) is 4.63. The second-order valence-corrected chi connectivity index (χ2v) is 3.96. The van der Waals surface area contributed by atoms with Gasteiger partial charge in [0.15, 0.2) is 0 Å². The van der Waals surface area contributed by atoms with Crippen LogP contribution in [0.2, 0.25) is 0 Å². The van der Waals surface area contributed by atoms with E-state index < -0.39 is 0 Å². The van der Waals surface area contributed by atoms with Crippen LogP contribution < -0.4 is 5.32 Å². The zero-order valence-electron chi connectivity index (χ0n) is 8.71. The van der Waals surface area contributed by atoms with E-state index in [0.717, 1.165) is 30.4 Å². The molecule has 3 nitrogen and oxygen atoms in total. The van der Waals surface area contributed by atoms with Gasteiger partial charge in [0.25, 0.3) is 0 Å². The summed E-state index contributed by atoms with van der Waals surface area (Å²) >= 11 is 1.84. The molecule has 1 aromatic rings. The lowest BCUT2D eigenvalue weighted by molar-refractivity contribution is 0.162. The lowest BCUT2D eigenvalue weighted by Crippen LogP contribution is -2.15. The molecule has 14 heavy (non-hydrogen) atoms. The van der Waals surface area contributed by atoms with Gasteiger partial charge >= 0.3 is 0 Å². The smallest absolute Gasteiger partial charge is 0.129 e. The van der Waals surface area contributed by atoms with Crippen molar-refractivity contribution in [2.75, 3.05) is 25.7 Å². The number of hydrogen-bond donors (Lipinski definition) is 1. The molecule has 1 rings (SSSR count). The molecule has 0 spiro atoms.